The minimum absolute atomic E-state index is 0.135. The Morgan fingerprint density at radius 1 is 1.38 bits per heavy atom. The summed E-state index contributed by atoms with van der Waals surface area (Å²) in [6.45, 7) is 5.27. The number of nitrogens with one attached hydrogen (secondary N) is 2. The van der Waals surface area contributed by atoms with Crippen molar-refractivity contribution in [3.63, 3.8) is 0 Å². The van der Waals surface area contributed by atoms with Crippen molar-refractivity contribution in [2.45, 2.75) is 39.3 Å². The van der Waals surface area contributed by atoms with E-state index in [0.29, 0.717) is 6.42 Å². The zero-order valence-corrected chi connectivity index (χ0v) is 9.78. The molecule has 3 N–H and O–H groups in total. The zero-order valence-electron chi connectivity index (χ0n) is 9.78. The lowest BCUT2D eigenvalue weighted by Gasteiger charge is -2.20. The number of terminal acetylenes is 1. The Bertz CT molecular complexity index is 296. The van der Waals surface area contributed by atoms with Gasteiger partial charge in [-0.1, -0.05) is 26.2 Å². The highest BCUT2D eigenvalue weighted by Gasteiger charge is 2.25. The van der Waals surface area contributed by atoms with Gasteiger partial charge in [0.2, 0.25) is 0 Å². The molecule has 0 fully saturated rings. The fraction of sp³-hybridized carbons (Fsp3) is 0.636. The summed E-state index contributed by atoms with van der Waals surface area (Å²) >= 11 is 0. The van der Waals surface area contributed by atoms with E-state index >= 15 is 0 Å². The minimum Gasteiger partial charge on any atom is -0.480 e. The molecule has 0 saturated heterocycles. The predicted molar refractivity (Wildman–Crippen MR) is 60.8 cm³/mol. The molecule has 0 saturated carbocycles. The first kappa shape index (κ1) is 14.3. The van der Waals surface area contributed by atoms with E-state index in [4.69, 9.17) is 11.5 Å². The number of carboxylic acids is 1. The van der Waals surface area contributed by atoms with Gasteiger partial charge < -0.3 is 15.7 Å². The first-order valence-corrected chi connectivity index (χ1v) is 5.18. The molecule has 0 rings (SSSR count). The number of carboxylic acid groups (broad SMARTS) is 1. The van der Waals surface area contributed by atoms with Crippen LogP contribution in [0.25, 0.3) is 0 Å². The van der Waals surface area contributed by atoms with Crippen LogP contribution in [0, 0.1) is 18.3 Å². The summed E-state index contributed by atoms with van der Waals surface area (Å²) < 4.78 is 0. The lowest BCUT2D eigenvalue weighted by atomic mass is 9.99. The van der Waals surface area contributed by atoms with Crippen molar-refractivity contribution in [1.29, 1.82) is 0 Å². The van der Waals surface area contributed by atoms with E-state index in [0.717, 1.165) is 0 Å². The number of urea groups is 1. The maximum absolute atomic E-state index is 11.4. The topological polar surface area (TPSA) is 78.4 Å². The van der Waals surface area contributed by atoms with Crippen molar-refractivity contribution in [3.8, 4) is 12.3 Å². The Labute approximate surface area is 95.6 Å². The summed E-state index contributed by atoms with van der Waals surface area (Å²) in [5.74, 6) is 1.14. The Morgan fingerprint density at radius 2 is 1.94 bits per heavy atom. The van der Waals surface area contributed by atoms with Crippen molar-refractivity contribution in [2.24, 2.45) is 5.92 Å². The SMILES string of the molecule is C#CC(C)NC(=O)N[C@H](C(=O)O)C(C)CC. The third-order valence-electron chi connectivity index (χ3n) is 2.36. The summed E-state index contributed by atoms with van der Waals surface area (Å²) in [7, 11) is 0. The lowest BCUT2D eigenvalue weighted by Crippen LogP contribution is -2.50. The quantitative estimate of drug-likeness (QED) is 0.607. The summed E-state index contributed by atoms with van der Waals surface area (Å²) in [5, 5.41) is 13.8. The number of hydrogen-bond donors (Lipinski definition) is 3. The first-order valence-electron chi connectivity index (χ1n) is 5.18. The molecular formula is C11H18N2O3. The maximum Gasteiger partial charge on any atom is 0.326 e. The fourth-order valence-electron chi connectivity index (χ4n) is 1.10. The van der Waals surface area contributed by atoms with Gasteiger partial charge in [0, 0.05) is 0 Å². The molecule has 0 aromatic carbocycles. The van der Waals surface area contributed by atoms with Gasteiger partial charge in [0.1, 0.15) is 6.04 Å². The van der Waals surface area contributed by atoms with Crippen molar-refractivity contribution in [3.05, 3.63) is 0 Å². The van der Waals surface area contributed by atoms with Gasteiger partial charge in [-0.2, -0.15) is 0 Å². The van der Waals surface area contributed by atoms with Crippen LogP contribution in [-0.4, -0.2) is 29.2 Å². The van der Waals surface area contributed by atoms with Gasteiger partial charge in [-0.25, -0.2) is 9.59 Å². The molecule has 5 nitrogen and oxygen atoms in total. The summed E-state index contributed by atoms with van der Waals surface area (Å²) in [5.41, 5.74) is 0. The van der Waals surface area contributed by atoms with Crippen LogP contribution in [0.4, 0.5) is 4.79 Å². The van der Waals surface area contributed by atoms with E-state index in [9.17, 15) is 9.59 Å². The summed E-state index contributed by atoms with van der Waals surface area (Å²) in [4.78, 5) is 22.3. The maximum atomic E-state index is 11.4. The lowest BCUT2D eigenvalue weighted by molar-refractivity contribution is -0.140. The molecule has 0 bridgehead atoms. The van der Waals surface area contributed by atoms with Crippen molar-refractivity contribution in [1.82, 2.24) is 10.6 Å². The Hall–Kier alpha value is -1.70. The van der Waals surface area contributed by atoms with Crippen LogP contribution in [0.3, 0.4) is 0 Å². The van der Waals surface area contributed by atoms with Crippen LogP contribution >= 0.6 is 0 Å². The van der Waals surface area contributed by atoms with Gasteiger partial charge in [0.25, 0.3) is 0 Å². The van der Waals surface area contributed by atoms with Crippen LogP contribution < -0.4 is 10.6 Å². The monoisotopic (exact) mass is 226 g/mol. The third-order valence-corrected chi connectivity index (χ3v) is 2.36. The average molecular weight is 226 g/mol. The van der Waals surface area contributed by atoms with E-state index in [1.807, 2.05) is 6.92 Å². The van der Waals surface area contributed by atoms with Crippen molar-refractivity contribution >= 4 is 12.0 Å². The molecular weight excluding hydrogens is 208 g/mol. The normalized spacial score (nSPS) is 15.4. The molecule has 0 radical (unpaired) electrons. The first-order chi connectivity index (χ1) is 7.42. The standard InChI is InChI=1S/C11H18N2O3/c1-5-7(3)9(10(14)15)13-11(16)12-8(4)6-2/h2,7-9H,5H2,1,3-4H3,(H,14,15)(H2,12,13,16)/t7?,8?,9-/m0/s1. The van der Waals surface area contributed by atoms with Gasteiger partial charge in [0.15, 0.2) is 0 Å². The van der Waals surface area contributed by atoms with Crippen molar-refractivity contribution in [2.75, 3.05) is 0 Å². The number of aliphatic carboxylic acids is 1. The van der Waals surface area contributed by atoms with Crippen molar-refractivity contribution < 1.29 is 14.7 Å². The molecule has 5 heteroatoms. The molecule has 0 aromatic heterocycles. The molecule has 16 heavy (non-hydrogen) atoms. The zero-order chi connectivity index (χ0) is 12.7. The molecule has 0 aliphatic carbocycles. The largest absolute Gasteiger partial charge is 0.480 e. The number of carbonyl (C=O) groups is 2. The van der Waals surface area contributed by atoms with Gasteiger partial charge in [-0.05, 0) is 12.8 Å². The summed E-state index contributed by atoms with van der Waals surface area (Å²) in [6, 6.07) is -1.88. The molecule has 0 aliphatic heterocycles. The highest BCUT2D eigenvalue weighted by atomic mass is 16.4. The second kappa shape index (κ2) is 6.72. The van der Waals surface area contributed by atoms with E-state index < -0.39 is 24.1 Å². The Balaban J connectivity index is 4.37. The highest BCUT2D eigenvalue weighted by Crippen LogP contribution is 2.07. The smallest absolute Gasteiger partial charge is 0.326 e. The van der Waals surface area contributed by atoms with Crippen LogP contribution in [-0.2, 0) is 4.79 Å². The van der Waals surface area contributed by atoms with Crippen LogP contribution in [0.2, 0.25) is 0 Å². The minimum atomic E-state index is -1.04. The molecule has 0 aliphatic rings. The molecule has 2 amide bonds. The molecule has 2 unspecified atom stereocenters. The summed E-state index contributed by atoms with van der Waals surface area (Å²) in [6.07, 6.45) is 5.76. The van der Waals surface area contributed by atoms with E-state index in [2.05, 4.69) is 16.6 Å². The van der Waals surface area contributed by atoms with Gasteiger partial charge in [-0.3, -0.25) is 0 Å². The fourth-order valence-corrected chi connectivity index (χ4v) is 1.10. The van der Waals surface area contributed by atoms with Crippen LogP contribution in [0.1, 0.15) is 27.2 Å². The van der Waals surface area contributed by atoms with Crippen LogP contribution in [0.15, 0.2) is 0 Å². The molecule has 90 valence electrons. The molecule has 0 heterocycles. The Kier molecular flexibility index (Phi) is 6.01. The number of carbonyl (C=O) groups excluding carboxylic acids is 1. The van der Waals surface area contributed by atoms with Gasteiger partial charge in [0.05, 0.1) is 6.04 Å². The van der Waals surface area contributed by atoms with E-state index in [-0.39, 0.29) is 5.92 Å². The van der Waals surface area contributed by atoms with Gasteiger partial charge in [-0.15, -0.1) is 6.42 Å². The van der Waals surface area contributed by atoms with E-state index in [1.54, 1.807) is 13.8 Å². The molecule has 0 aromatic rings. The number of hydrogen-bond acceptors (Lipinski definition) is 2. The predicted octanol–water partition coefficient (Wildman–Crippen LogP) is 0.807. The molecule has 0 spiro atoms. The number of rotatable bonds is 5. The Morgan fingerprint density at radius 3 is 2.31 bits per heavy atom. The third kappa shape index (κ3) is 4.69. The van der Waals surface area contributed by atoms with Gasteiger partial charge >= 0.3 is 12.0 Å². The van der Waals surface area contributed by atoms with E-state index in [1.165, 1.54) is 0 Å². The second-order valence-corrected chi connectivity index (χ2v) is 3.71. The number of amides is 2. The van der Waals surface area contributed by atoms with Crippen LogP contribution in [0.5, 0.6) is 0 Å². The highest BCUT2D eigenvalue weighted by molar-refractivity contribution is 5.83. The molecule has 3 atom stereocenters. The average Bonchev–Trinajstić information content (AvgIpc) is 2.24. The second-order valence-electron chi connectivity index (χ2n) is 3.71.